The Kier molecular flexibility index (Phi) is 7.16. The number of nitrogens with one attached hydrogen (secondary N) is 1. The van der Waals surface area contributed by atoms with Gasteiger partial charge in [-0.1, -0.05) is 23.7 Å². The topological polar surface area (TPSA) is 47.9 Å². The number of benzene rings is 1. The van der Waals surface area contributed by atoms with Gasteiger partial charge in [0, 0.05) is 37.2 Å². The third-order valence-electron chi connectivity index (χ3n) is 4.12. The first kappa shape index (κ1) is 19.3. The zero-order chi connectivity index (χ0) is 16.2. The second-order valence-corrected chi connectivity index (χ2v) is 6.52. The largest absolute Gasteiger partial charge is 0.353 e. The number of carbonyl (C=O) groups is 1. The normalized spacial score (nSPS) is 18.4. The Morgan fingerprint density at radius 3 is 2.58 bits per heavy atom. The van der Waals surface area contributed by atoms with Gasteiger partial charge >= 0.3 is 0 Å². The summed E-state index contributed by atoms with van der Waals surface area (Å²) in [7, 11) is 0. The predicted molar refractivity (Wildman–Crippen MR) is 108 cm³/mol. The number of rotatable bonds is 4. The molecule has 7 heteroatoms. The number of carbonyl (C=O) groups excluding carboxylic acids is 1. The van der Waals surface area contributed by atoms with Crippen LogP contribution in [0.3, 0.4) is 0 Å². The van der Waals surface area contributed by atoms with Gasteiger partial charge in [-0.15, -0.1) is 24.0 Å². The Balaban J connectivity index is 0.00000208. The minimum absolute atomic E-state index is 0. The fraction of sp³-hybridized carbons (Fsp3) is 0.529. The van der Waals surface area contributed by atoms with E-state index < -0.39 is 0 Å². The van der Waals surface area contributed by atoms with Gasteiger partial charge in [-0.05, 0) is 37.5 Å². The maximum Gasteiger partial charge on any atom is 0.242 e. The van der Waals surface area contributed by atoms with Gasteiger partial charge in [0.15, 0.2) is 5.96 Å². The molecule has 0 bridgehead atoms. The summed E-state index contributed by atoms with van der Waals surface area (Å²) in [5.74, 6) is 1.03. The van der Waals surface area contributed by atoms with E-state index in [0.717, 1.165) is 36.2 Å². The smallest absolute Gasteiger partial charge is 0.242 e. The summed E-state index contributed by atoms with van der Waals surface area (Å²) in [6.45, 7) is 5.32. The van der Waals surface area contributed by atoms with Crippen LogP contribution in [0.25, 0.3) is 0 Å². The van der Waals surface area contributed by atoms with Crippen molar-refractivity contribution in [2.75, 3.05) is 26.2 Å². The third kappa shape index (κ3) is 5.24. The quantitative estimate of drug-likeness (QED) is 0.425. The first-order chi connectivity index (χ1) is 11.2. The van der Waals surface area contributed by atoms with Crippen molar-refractivity contribution < 1.29 is 4.79 Å². The van der Waals surface area contributed by atoms with Crippen LogP contribution < -0.4 is 5.32 Å². The van der Waals surface area contributed by atoms with E-state index in [1.165, 1.54) is 12.8 Å². The molecule has 2 aliphatic rings. The van der Waals surface area contributed by atoms with Crippen LogP contribution in [-0.4, -0.2) is 53.9 Å². The van der Waals surface area contributed by atoms with Crippen molar-refractivity contribution in [3.8, 4) is 0 Å². The Bertz CT molecular complexity index is 589. The summed E-state index contributed by atoms with van der Waals surface area (Å²) < 4.78 is 0. The first-order valence-corrected chi connectivity index (χ1v) is 8.61. The Morgan fingerprint density at radius 1 is 1.29 bits per heavy atom. The lowest BCUT2D eigenvalue weighted by molar-refractivity contribution is -0.135. The van der Waals surface area contributed by atoms with E-state index in [0.29, 0.717) is 19.1 Å². The number of hydrogen-bond acceptors (Lipinski definition) is 2. The second-order valence-electron chi connectivity index (χ2n) is 6.08. The maximum atomic E-state index is 12.5. The van der Waals surface area contributed by atoms with Crippen molar-refractivity contribution in [3.05, 3.63) is 34.9 Å². The lowest BCUT2D eigenvalue weighted by Crippen LogP contribution is -2.55. The number of halogens is 2. The molecule has 1 aromatic carbocycles. The van der Waals surface area contributed by atoms with Crippen LogP contribution in [-0.2, 0) is 11.3 Å². The summed E-state index contributed by atoms with van der Waals surface area (Å²) >= 11 is 5.91. The van der Waals surface area contributed by atoms with Crippen LogP contribution in [0.2, 0.25) is 5.02 Å². The molecule has 0 aromatic heterocycles. The van der Waals surface area contributed by atoms with Gasteiger partial charge in [0.25, 0.3) is 0 Å². The Morgan fingerprint density at radius 2 is 2.00 bits per heavy atom. The number of piperazine rings is 1. The van der Waals surface area contributed by atoms with Gasteiger partial charge in [0.2, 0.25) is 5.91 Å². The zero-order valence-electron chi connectivity index (χ0n) is 13.9. The standard InChI is InChI=1S/C17H23ClN4O.HI/c1-2-19-17(20-15-7-8-15)22-10-9-21(16(23)12-22)11-13-3-5-14(18)6-4-13;/h3-6,15H,2,7-12H2,1H3,(H,19,20);1H. The summed E-state index contributed by atoms with van der Waals surface area (Å²) in [6, 6.07) is 8.22. The molecule has 1 N–H and O–H groups in total. The van der Waals surface area contributed by atoms with E-state index in [-0.39, 0.29) is 29.9 Å². The Labute approximate surface area is 165 Å². The van der Waals surface area contributed by atoms with Crippen LogP contribution in [0, 0.1) is 0 Å². The molecule has 5 nitrogen and oxygen atoms in total. The molecule has 0 atom stereocenters. The summed E-state index contributed by atoms with van der Waals surface area (Å²) in [4.78, 5) is 21.0. The van der Waals surface area contributed by atoms with Gasteiger partial charge in [0.05, 0.1) is 6.54 Å². The SMILES string of the molecule is CCN=C(NC1CC1)N1CCN(Cc2ccc(Cl)cc2)C(=O)C1.I. The number of guanidine groups is 1. The molecule has 0 radical (unpaired) electrons. The molecule has 0 spiro atoms. The highest BCUT2D eigenvalue weighted by molar-refractivity contribution is 14.0. The minimum atomic E-state index is 0. The molecule has 1 amide bonds. The average molecular weight is 463 g/mol. The van der Waals surface area contributed by atoms with Gasteiger partial charge in [-0.25, -0.2) is 0 Å². The molecule has 0 unspecified atom stereocenters. The highest BCUT2D eigenvalue weighted by atomic mass is 127. The molecular weight excluding hydrogens is 439 g/mol. The molecule has 1 saturated carbocycles. The lowest BCUT2D eigenvalue weighted by atomic mass is 10.2. The van der Waals surface area contributed by atoms with E-state index in [4.69, 9.17) is 11.6 Å². The van der Waals surface area contributed by atoms with Crippen molar-refractivity contribution in [2.24, 2.45) is 4.99 Å². The molecule has 1 heterocycles. The summed E-state index contributed by atoms with van der Waals surface area (Å²) in [6.07, 6.45) is 2.40. The second kappa shape index (κ2) is 8.89. The minimum Gasteiger partial charge on any atom is -0.353 e. The fourth-order valence-electron chi connectivity index (χ4n) is 2.66. The highest BCUT2D eigenvalue weighted by Gasteiger charge is 2.29. The van der Waals surface area contributed by atoms with E-state index in [9.17, 15) is 4.79 Å². The molecule has 3 rings (SSSR count). The Hall–Kier alpha value is -1.02. The van der Waals surface area contributed by atoms with E-state index in [2.05, 4.69) is 15.2 Å². The third-order valence-corrected chi connectivity index (χ3v) is 4.38. The fourth-order valence-corrected chi connectivity index (χ4v) is 2.79. The summed E-state index contributed by atoms with van der Waals surface area (Å²) in [5, 5.41) is 4.16. The highest BCUT2D eigenvalue weighted by Crippen LogP contribution is 2.19. The average Bonchev–Trinajstić information content (AvgIpc) is 3.35. The zero-order valence-corrected chi connectivity index (χ0v) is 17.0. The van der Waals surface area contributed by atoms with Crippen LogP contribution in [0.15, 0.2) is 29.3 Å². The van der Waals surface area contributed by atoms with Crippen LogP contribution in [0.4, 0.5) is 0 Å². The lowest BCUT2D eigenvalue weighted by Gasteiger charge is -2.36. The van der Waals surface area contributed by atoms with Crippen molar-refractivity contribution >= 4 is 47.4 Å². The molecule has 1 aromatic rings. The van der Waals surface area contributed by atoms with Crippen molar-refractivity contribution in [3.63, 3.8) is 0 Å². The van der Waals surface area contributed by atoms with Crippen molar-refractivity contribution in [2.45, 2.75) is 32.4 Å². The van der Waals surface area contributed by atoms with Crippen molar-refractivity contribution in [1.82, 2.24) is 15.1 Å². The number of hydrogen-bond donors (Lipinski definition) is 1. The van der Waals surface area contributed by atoms with Crippen LogP contribution in [0.5, 0.6) is 0 Å². The number of aliphatic imine (C=N–C) groups is 1. The summed E-state index contributed by atoms with van der Waals surface area (Å²) in [5.41, 5.74) is 1.11. The maximum absolute atomic E-state index is 12.5. The first-order valence-electron chi connectivity index (χ1n) is 8.24. The molecule has 1 saturated heterocycles. The molecular formula is C17H24ClIN4O. The molecule has 1 aliphatic carbocycles. The molecule has 1 aliphatic heterocycles. The van der Waals surface area contributed by atoms with Gasteiger partial charge in [-0.2, -0.15) is 0 Å². The van der Waals surface area contributed by atoms with Crippen LogP contribution in [0.1, 0.15) is 25.3 Å². The van der Waals surface area contributed by atoms with Gasteiger partial charge in [0.1, 0.15) is 0 Å². The van der Waals surface area contributed by atoms with E-state index in [1.807, 2.05) is 36.1 Å². The molecule has 2 fully saturated rings. The molecule has 132 valence electrons. The molecule has 24 heavy (non-hydrogen) atoms. The van der Waals surface area contributed by atoms with Crippen molar-refractivity contribution in [1.29, 1.82) is 0 Å². The monoisotopic (exact) mass is 462 g/mol. The number of amides is 1. The van der Waals surface area contributed by atoms with E-state index >= 15 is 0 Å². The predicted octanol–water partition coefficient (Wildman–Crippen LogP) is 2.73. The van der Waals surface area contributed by atoms with E-state index in [1.54, 1.807) is 0 Å². The van der Waals surface area contributed by atoms with Gasteiger partial charge in [-0.3, -0.25) is 9.79 Å². The van der Waals surface area contributed by atoms with Crippen LogP contribution >= 0.6 is 35.6 Å². The van der Waals surface area contributed by atoms with Gasteiger partial charge < -0.3 is 15.1 Å². The number of nitrogens with zero attached hydrogens (tertiary/aromatic N) is 3.